The molecule has 0 aliphatic heterocycles. The van der Waals surface area contributed by atoms with Crippen molar-refractivity contribution in [3.63, 3.8) is 0 Å². The number of rotatable bonds is 7. The first-order valence-electron chi connectivity index (χ1n) is 10.1. The van der Waals surface area contributed by atoms with Crippen LogP contribution in [0.15, 0.2) is 67.0 Å². The van der Waals surface area contributed by atoms with E-state index in [0.29, 0.717) is 24.1 Å². The standard InChI is InChI=1S/C22H22N10/c1-23-19-12-16(17-8-10-24-21(27-17)28-18-9-11-26-31(18)2)13-20-29-30-22(32(19)20)25-14-15-6-4-3-5-7-15/h3-13,23H,14H2,1-2H3,(H,25,30)(H,24,27,28). The molecule has 0 radical (unpaired) electrons. The Morgan fingerprint density at radius 3 is 2.59 bits per heavy atom. The zero-order valence-corrected chi connectivity index (χ0v) is 17.7. The van der Waals surface area contributed by atoms with Gasteiger partial charge < -0.3 is 16.0 Å². The van der Waals surface area contributed by atoms with Crippen molar-refractivity contribution >= 4 is 29.2 Å². The number of aryl methyl sites for hydroxylation is 1. The molecule has 32 heavy (non-hydrogen) atoms. The SMILES string of the molecule is CNc1cc(-c2ccnc(Nc3ccnn3C)n2)cc2nnc(NCc3ccccc3)n12. The highest BCUT2D eigenvalue weighted by atomic mass is 15.3. The van der Waals surface area contributed by atoms with Gasteiger partial charge in [0.05, 0.1) is 11.9 Å². The van der Waals surface area contributed by atoms with E-state index in [2.05, 4.69) is 53.3 Å². The van der Waals surface area contributed by atoms with E-state index in [1.165, 1.54) is 5.56 Å². The van der Waals surface area contributed by atoms with Crippen molar-refractivity contribution in [2.24, 2.45) is 7.05 Å². The number of hydrogen-bond acceptors (Lipinski definition) is 8. The fourth-order valence-electron chi connectivity index (χ4n) is 3.43. The van der Waals surface area contributed by atoms with E-state index in [-0.39, 0.29) is 0 Å². The van der Waals surface area contributed by atoms with Crippen LogP contribution in [0.3, 0.4) is 0 Å². The van der Waals surface area contributed by atoms with Gasteiger partial charge in [-0.1, -0.05) is 30.3 Å². The molecule has 3 N–H and O–H groups in total. The lowest BCUT2D eigenvalue weighted by Gasteiger charge is -2.11. The van der Waals surface area contributed by atoms with Gasteiger partial charge in [0.25, 0.3) is 0 Å². The molecule has 10 heteroatoms. The average molecular weight is 426 g/mol. The molecular formula is C22H22N10. The first-order chi connectivity index (χ1) is 15.7. The molecule has 1 aromatic carbocycles. The van der Waals surface area contributed by atoms with Crippen molar-refractivity contribution in [3.05, 3.63) is 72.6 Å². The van der Waals surface area contributed by atoms with Crippen LogP contribution in [0, 0.1) is 0 Å². The molecule has 4 aromatic heterocycles. The summed E-state index contributed by atoms with van der Waals surface area (Å²) in [5, 5.41) is 22.6. The van der Waals surface area contributed by atoms with E-state index in [4.69, 9.17) is 0 Å². The van der Waals surface area contributed by atoms with Crippen molar-refractivity contribution in [1.29, 1.82) is 0 Å². The van der Waals surface area contributed by atoms with Gasteiger partial charge in [-0.25, -0.2) is 14.4 Å². The quantitative estimate of drug-likeness (QED) is 0.364. The molecule has 0 atom stereocenters. The normalized spacial score (nSPS) is 10.9. The molecule has 160 valence electrons. The van der Waals surface area contributed by atoms with E-state index in [0.717, 1.165) is 22.9 Å². The Kier molecular flexibility index (Phi) is 5.08. The lowest BCUT2D eigenvalue weighted by atomic mass is 10.2. The third kappa shape index (κ3) is 3.81. The molecule has 0 unspecified atom stereocenters. The molecule has 0 saturated heterocycles. The number of benzene rings is 1. The summed E-state index contributed by atoms with van der Waals surface area (Å²) < 4.78 is 3.67. The Bertz CT molecular complexity index is 1360. The first-order valence-corrected chi connectivity index (χ1v) is 10.1. The van der Waals surface area contributed by atoms with Crippen LogP contribution in [0.4, 0.5) is 23.5 Å². The van der Waals surface area contributed by atoms with E-state index in [1.807, 2.05) is 61.0 Å². The van der Waals surface area contributed by atoms with Gasteiger partial charge in [0.15, 0.2) is 5.65 Å². The lowest BCUT2D eigenvalue weighted by Crippen LogP contribution is -2.06. The number of fused-ring (bicyclic) bond motifs is 1. The summed E-state index contributed by atoms with van der Waals surface area (Å²) in [5.41, 5.74) is 3.55. The summed E-state index contributed by atoms with van der Waals surface area (Å²) in [6.07, 6.45) is 3.44. The Morgan fingerprint density at radius 1 is 0.938 bits per heavy atom. The van der Waals surface area contributed by atoms with Gasteiger partial charge in [-0.05, 0) is 23.8 Å². The summed E-state index contributed by atoms with van der Waals surface area (Å²) in [6.45, 7) is 0.654. The van der Waals surface area contributed by atoms with Gasteiger partial charge in [0, 0.05) is 38.5 Å². The van der Waals surface area contributed by atoms with E-state index >= 15 is 0 Å². The van der Waals surface area contributed by atoms with Gasteiger partial charge in [-0.2, -0.15) is 5.10 Å². The summed E-state index contributed by atoms with van der Waals surface area (Å²) in [5.74, 6) is 2.81. The van der Waals surface area contributed by atoms with Gasteiger partial charge >= 0.3 is 0 Å². The smallest absolute Gasteiger partial charge is 0.230 e. The predicted octanol–water partition coefficient (Wildman–Crippen LogP) is 3.32. The molecule has 0 amide bonds. The van der Waals surface area contributed by atoms with Crippen LogP contribution in [0.1, 0.15) is 5.56 Å². The van der Waals surface area contributed by atoms with Gasteiger partial charge in [-0.15, -0.1) is 10.2 Å². The third-order valence-corrected chi connectivity index (χ3v) is 5.07. The Hall–Kier alpha value is -4.47. The Balaban J connectivity index is 1.45. The summed E-state index contributed by atoms with van der Waals surface area (Å²) in [7, 11) is 3.73. The van der Waals surface area contributed by atoms with Crippen LogP contribution in [0.5, 0.6) is 0 Å². The maximum absolute atomic E-state index is 4.66. The minimum absolute atomic E-state index is 0.490. The molecule has 0 bridgehead atoms. The van der Waals surface area contributed by atoms with Crippen LogP contribution in [-0.2, 0) is 13.6 Å². The fourth-order valence-corrected chi connectivity index (χ4v) is 3.43. The van der Waals surface area contributed by atoms with Crippen molar-refractivity contribution in [2.45, 2.75) is 6.54 Å². The minimum Gasteiger partial charge on any atom is -0.374 e. The summed E-state index contributed by atoms with van der Waals surface area (Å²) >= 11 is 0. The number of nitrogens with zero attached hydrogens (tertiary/aromatic N) is 7. The van der Waals surface area contributed by atoms with Crippen molar-refractivity contribution in [1.82, 2.24) is 34.3 Å². The van der Waals surface area contributed by atoms with Crippen molar-refractivity contribution in [3.8, 4) is 11.3 Å². The number of nitrogens with one attached hydrogen (secondary N) is 3. The van der Waals surface area contributed by atoms with Crippen LogP contribution in [-0.4, -0.2) is 41.4 Å². The van der Waals surface area contributed by atoms with Crippen LogP contribution >= 0.6 is 0 Å². The highest BCUT2D eigenvalue weighted by molar-refractivity contribution is 5.71. The number of aromatic nitrogens is 7. The molecule has 0 aliphatic carbocycles. The minimum atomic E-state index is 0.490. The second-order valence-corrected chi connectivity index (χ2v) is 7.17. The zero-order valence-electron chi connectivity index (χ0n) is 17.7. The van der Waals surface area contributed by atoms with Crippen LogP contribution in [0.2, 0.25) is 0 Å². The second kappa shape index (κ2) is 8.34. The average Bonchev–Trinajstić information content (AvgIpc) is 3.43. The molecule has 0 spiro atoms. The number of anilines is 4. The first kappa shape index (κ1) is 19.5. The maximum Gasteiger partial charge on any atom is 0.230 e. The predicted molar refractivity (Wildman–Crippen MR) is 124 cm³/mol. The lowest BCUT2D eigenvalue weighted by molar-refractivity contribution is 0.775. The second-order valence-electron chi connectivity index (χ2n) is 7.17. The third-order valence-electron chi connectivity index (χ3n) is 5.07. The van der Waals surface area contributed by atoms with E-state index in [9.17, 15) is 0 Å². The fraction of sp³-hybridized carbons (Fsp3) is 0.136. The molecule has 0 aliphatic rings. The largest absolute Gasteiger partial charge is 0.374 e. The summed E-state index contributed by atoms with van der Waals surface area (Å²) in [4.78, 5) is 8.98. The van der Waals surface area contributed by atoms with Crippen LogP contribution < -0.4 is 16.0 Å². The van der Waals surface area contributed by atoms with Gasteiger partial charge in [-0.3, -0.25) is 4.68 Å². The van der Waals surface area contributed by atoms with Gasteiger partial charge in [0.2, 0.25) is 11.9 Å². The molecular weight excluding hydrogens is 404 g/mol. The van der Waals surface area contributed by atoms with Crippen LogP contribution in [0.25, 0.3) is 16.9 Å². The van der Waals surface area contributed by atoms with E-state index < -0.39 is 0 Å². The Labute approximate surface area is 184 Å². The number of hydrogen-bond donors (Lipinski definition) is 3. The number of pyridine rings is 1. The van der Waals surface area contributed by atoms with Crippen molar-refractivity contribution in [2.75, 3.05) is 23.0 Å². The monoisotopic (exact) mass is 426 g/mol. The Morgan fingerprint density at radius 2 is 1.81 bits per heavy atom. The molecule has 0 saturated carbocycles. The zero-order chi connectivity index (χ0) is 21.9. The van der Waals surface area contributed by atoms with Crippen molar-refractivity contribution < 1.29 is 0 Å². The highest BCUT2D eigenvalue weighted by Crippen LogP contribution is 2.26. The highest BCUT2D eigenvalue weighted by Gasteiger charge is 2.13. The van der Waals surface area contributed by atoms with Gasteiger partial charge in [0.1, 0.15) is 11.6 Å². The molecule has 4 heterocycles. The maximum atomic E-state index is 4.66. The summed E-state index contributed by atoms with van der Waals surface area (Å²) in [6, 6.07) is 17.9. The molecule has 0 fully saturated rings. The van der Waals surface area contributed by atoms with E-state index in [1.54, 1.807) is 17.1 Å². The molecule has 10 nitrogen and oxygen atoms in total. The topological polar surface area (TPSA) is 110 Å². The molecule has 5 rings (SSSR count). The molecule has 5 aromatic rings.